The van der Waals surface area contributed by atoms with Crippen LogP contribution in [0.25, 0.3) is 0 Å². The number of aromatic hydroxyl groups is 1. The quantitative estimate of drug-likeness (QED) is 0.815. The Morgan fingerprint density at radius 3 is 3.06 bits per heavy atom. The van der Waals surface area contributed by atoms with Crippen molar-refractivity contribution in [1.82, 2.24) is 5.32 Å². The number of para-hydroxylation sites is 1. The van der Waals surface area contributed by atoms with E-state index in [1.54, 1.807) is 12.1 Å². The van der Waals surface area contributed by atoms with E-state index in [-0.39, 0.29) is 24.2 Å². The molecule has 1 unspecified atom stereocenters. The Balaban J connectivity index is 1.99. The van der Waals surface area contributed by atoms with E-state index in [0.29, 0.717) is 12.3 Å². The van der Waals surface area contributed by atoms with E-state index >= 15 is 0 Å². The van der Waals surface area contributed by atoms with Gasteiger partial charge in [0.15, 0.2) is 17.6 Å². The molecule has 1 aromatic carbocycles. The van der Waals surface area contributed by atoms with Crippen molar-refractivity contribution in [3.05, 3.63) is 18.2 Å². The first kappa shape index (κ1) is 11.4. The fourth-order valence-corrected chi connectivity index (χ4v) is 1.53. The summed E-state index contributed by atoms with van der Waals surface area (Å²) < 4.78 is 15.4. The number of carbonyl (C=O) groups is 1. The third-order valence-electron chi connectivity index (χ3n) is 2.33. The monoisotopic (exact) mass is 239 g/mol. The Hall–Kier alpha value is -2.11. The fraction of sp³-hybridized carbons (Fsp3) is 0.364. The minimum absolute atomic E-state index is 0.00606. The topological polar surface area (TPSA) is 77.0 Å². The van der Waals surface area contributed by atoms with Gasteiger partial charge in [-0.1, -0.05) is 6.07 Å². The SMILES string of the molecule is COc1c(O)cccc1OCC1CNC(=O)O1. The number of alkyl carbamates (subject to hydrolysis) is 1. The molecule has 1 aromatic rings. The van der Waals surface area contributed by atoms with Crippen molar-refractivity contribution < 1.29 is 24.1 Å². The van der Waals surface area contributed by atoms with Gasteiger partial charge in [-0.25, -0.2) is 4.79 Å². The second kappa shape index (κ2) is 4.82. The zero-order valence-electron chi connectivity index (χ0n) is 9.30. The third kappa shape index (κ3) is 2.52. The Morgan fingerprint density at radius 1 is 1.59 bits per heavy atom. The summed E-state index contributed by atoms with van der Waals surface area (Å²) in [4.78, 5) is 10.8. The van der Waals surface area contributed by atoms with Crippen LogP contribution in [0.1, 0.15) is 0 Å². The number of carbonyl (C=O) groups excluding carboxylic acids is 1. The maximum absolute atomic E-state index is 10.8. The lowest BCUT2D eigenvalue weighted by atomic mass is 10.3. The highest BCUT2D eigenvalue weighted by Crippen LogP contribution is 2.35. The number of cyclic esters (lactones) is 1. The van der Waals surface area contributed by atoms with Crippen LogP contribution >= 0.6 is 0 Å². The molecule has 0 bridgehead atoms. The molecule has 92 valence electrons. The third-order valence-corrected chi connectivity index (χ3v) is 2.33. The highest BCUT2D eigenvalue weighted by molar-refractivity contribution is 5.69. The van der Waals surface area contributed by atoms with Gasteiger partial charge in [-0.3, -0.25) is 0 Å². The molecule has 2 rings (SSSR count). The Kier molecular flexibility index (Phi) is 3.22. The van der Waals surface area contributed by atoms with Crippen LogP contribution in [0, 0.1) is 0 Å². The van der Waals surface area contributed by atoms with Gasteiger partial charge in [0.1, 0.15) is 6.61 Å². The van der Waals surface area contributed by atoms with Gasteiger partial charge in [0.05, 0.1) is 13.7 Å². The molecule has 1 fully saturated rings. The second-order valence-electron chi connectivity index (χ2n) is 3.53. The molecule has 17 heavy (non-hydrogen) atoms. The van der Waals surface area contributed by atoms with Crippen LogP contribution in [0.4, 0.5) is 4.79 Å². The summed E-state index contributed by atoms with van der Waals surface area (Å²) in [5.41, 5.74) is 0. The maximum Gasteiger partial charge on any atom is 0.407 e. The molecule has 1 aliphatic rings. The minimum Gasteiger partial charge on any atom is -0.504 e. The predicted molar refractivity (Wildman–Crippen MR) is 58.4 cm³/mol. The Labute approximate surface area is 98.1 Å². The van der Waals surface area contributed by atoms with Crippen molar-refractivity contribution in [2.45, 2.75) is 6.10 Å². The molecule has 2 N–H and O–H groups in total. The average molecular weight is 239 g/mol. The summed E-state index contributed by atoms with van der Waals surface area (Å²) >= 11 is 0. The van der Waals surface area contributed by atoms with Gasteiger partial charge in [-0.05, 0) is 12.1 Å². The number of phenolic OH excluding ortho intramolecular Hbond substituents is 1. The summed E-state index contributed by atoms with van der Waals surface area (Å²) in [7, 11) is 1.44. The molecule has 6 heteroatoms. The molecule has 1 aliphatic heterocycles. The molecule has 6 nitrogen and oxygen atoms in total. The van der Waals surface area contributed by atoms with Crippen LogP contribution in [0.3, 0.4) is 0 Å². The second-order valence-corrected chi connectivity index (χ2v) is 3.53. The van der Waals surface area contributed by atoms with Crippen molar-refractivity contribution in [2.24, 2.45) is 0 Å². The number of rotatable bonds is 4. The van der Waals surface area contributed by atoms with Gasteiger partial charge in [-0.15, -0.1) is 0 Å². The number of amides is 1. The lowest BCUT2D eigenvalue weighted by molar-refractivity contribution is 0.103. The van der Waals surface area contributed by atoms with E-state index in [1.165, 1.54) is 13.2 Å². The van der Waals surface area contributed by atoms with Crippen molar-refractivity contribution in [3.63, 3.8) is 0 Å². The largest absolute Gasteiger partial charge is 0.504 e. The van der Waals surface area contributed by atoms with Gasteiger partial charge in [-0.2, -0.15) is 0 Å². The smallest absolute Gasteiger partial charge is 0.407 e. The zero-order chi connectivity index (χ0) is 12.3. The first-order valence-electron chi connectivity index (χ1n) is 5.14. The van der Waals surface area contributed by atoms with E-state index in [1.807, 2.05) is 0 Å². The van der Waals surface area contributed by atoms with Crippen molar-refractivity contribution in [1.29, 1.82) is 0 Å². The highest BCUT2D eigenvalue weighted by atomic mass is 16.6. The zero-order valence-corrected chi connectivity index (χ0v) is 9.30. The van der Waals surface area contributed by atoms with Crippen molar-refractivity contribution in [3.8, 4) is 17.2 Å². The van der Waals surface area contributed by atoms with Crippen LogP contribution in [0.2, 0.25) is 0 Å². The molecule has 1 heterocycles. The first-order chi connectivity index (χ1) is 8.20. The summed E-state index contributed by atoms with van der Waals surface area (Å²) in [5, 5.41) is 12.0. The molecule has 0 radical (unpaired) electrons. The molecule has 1 amide bonds. The fourth-order valence-electron chi connectivity index (χ4n) is 1.53. The van der Waals surface area contributed by atoms with Crippen molar-refractivity contribution >= 4 is 6.09 Å². The predicted octanol–water partition coefficient (Wildman–Crippen LogP) is 0.888. The van der Waals surface area contributed by atoms with Crippen LogP contribution in [-0.4, -0.2) is 37.6 Å². The molecule has 1 saturated heterocycles. The molecule has 0 spiro atoms. The average Bonchev–Trinajstić information content (AvgIpc) is 2.72. The maximum atomic E-state index is 10.8. The lowest BCUT2D eigenvalue weighted by Gasteiger charge is -2.13. The van der Waals surface area contributed by atoms with E-state index < -0.39 is 6.09 Å². The van der Waals surface area contributed by atoms with Crippen LogP contribution in [-0.2, 0) is 4.74 Å². The van der Waals surface area contributed by atoms with E-state index in [4.69, 9.17) is 14.2 Å². The molecular formula is C11H13NO5. The van der Waals surface area contributed by atoms with E-state index in [0.717, 1.165) is 0 Å². The van der Waals surface area contributed by atoms with Gasteiger partial charge < -0.3 is 24.6 Å². The molecule has 0 saturated carbocycles. The standard InChI is InChI=1S/C11H13NO5/c1-15-10-8(13)3-2-4-9(10)16-6-7-5-12-11(14)17-7/h2-4,7,13H,5-6H2,1H3,(H,12,14). The van der Waals surface area contributed by atoms with Gasteiger partial charge in [0.25, 0.3) is 0 Å². The molecule has 0 aliphatic carbocycles. The highest BCUT2D eigenvalue weighted by Gasteiger charge is 2.23. The number of methoxy groups -OCH3 is 1. The van der Waals surface area contributed by atoms with Crippen LogP contribution in [0.15, 0.2) is 18.2 Å². The summed E-state index contributed by atoms with van der Waals surface area (Å²) in [6, 6.07) is 4.82. The first-order valence-corrected chi connectivity index (χ1v) is 5.14. The molecule has 0 aromatic heterocycles. The number of ether oxygens (including phenoxy) is 3. The number of hydrogen-bond donors (Lipinski definition) is 2. The summed E-state index contributed by atoms with van der Waals surface area (Å²) in [6.45, 7) is 0.624. The molecule has 1 atom stereocenters. The normalized spacial score (nSPS) is 18.4. The Morgan fingerprint density at radius 2 is 2.41 bits per heavy atom. The van der Waals surface area contributed by atoms with Gasteiger partial charge in [0, 0.05) is 0 Å². The van der Waals surface area contributed by atoms with E-state index in [2.05, 4.69) is 5.32 Å². The number of hydrogen-bond acceptors (Lipinski definition) is 5. The lowest BCUT2D eigenvalue weighted by Crippen LogP contribution is -2.22. The number of phenols is 1. The molecular weight excluding hydrogens is 226 g/mol. The van der Waals surface area contributed by atoms with Gasteiger partial charge in [0.2, 0.25) is 5.75 Å². The summed E-state index contributed by atoms with van der Waals surface area (Å²) in [6.07, 6.45) is -0.768. The van der Waals surface area contributed by atoms with Gasteiger partial charge >= 0.3 is 6.09 Å². The van der Waals surface area contributed by atoms with Crippen molar-refractivity contribution in [2.75, 3.05) is 20.3 Å². The number of benzene rings is 1. The van der Waals surface area contributed by atoms with E-state index in [9.17, 15) is 9.90 Å². The van der Waals surface area contributed by atoms with Crippen LogP contribution < -0.4 is 14.8 Å². The minimum atomic E-state index is -0.443. The number of nitrogens with one attached hydrogen (secondary N) is 1. The summed E-state index contributed by atoms with van der Waals surface area (Å²) in [5.74, 6) is 0.687. The van der Waals surface area contributed by atoms with Crippen LogP contribution in [0.5, 0.6) is 17.2 Å². The Bertz CT molecular complexity index is 420.